The first-order valence-corrected chi connectivity index (χ1v) is 4.95. The molecule has 0 radical (unpaired) electrons. The van der Waals surface area contributed by atoms with Gasteiger partial charge in [-0.15, -0.1) is 12.4 Å². The Morgan fingerprint density at radius 3 is 3.19 bits per heavy atom. The molecule has 1 saturated heterocycles. The van der Waals surface area contributed by atoms with Crippen LogP contribution >= 0.6 is 12.4 Å². The van der Waals surface area contributed by atoms with E-state index in [1.54, 1.807) is 12.4 Å². The molecule has 2 rings (SSSR count). The van der Waals surface area contributed by atoms with Gasteiger partial charge >= 0.3 is 0 Å². The van der Waals surface area contributed by atoms with Crippen molar-refractivity contribution in [3.05, 3.63) is 12.4 Å². The summed E-state index contributed by atoms with van der Waals surface area (Å²) in [6.07, 6.45) is 3.55. The highest BCUT2D eigenvalue weighted by molar-refractivity contribution is 5.90. The monoisotopic (exact) mass is 246 g/mol. The second-order valence-corrected chi connectivity index (χ2v) is 3.44. The fraction of sp³-hybridized carbons (Fsp3) is 0.556. The zero-order valence-electron chi connectivity index (χ0n) is 8.73. The van der Waals surface area contributed by atoms with Crippen LogP contribution in [0.5, 0.6) is 0 Å². The number of aromatic amines is 1. The van der Waals surface area contributed by atoms with E-state index < -0.39 is 0 Å². The van der Waals surface area contributed by atoms with Gasteiger partial charge in [0.15, 0.2) is 0 Å². The van der Waals surface area contributed by atoms with Crippen LogP contribution in [0.15, 0.2) is 12.4 Å². The second kappa shape index (κ2) is 6.47. The van der Waals surface area contributed by atoms with E-state index in [2.05, 4.69) is 20.8 Å². The topological polar surface area (TPSA) is 79.0 Å². The number of amides is 1. The van der Waals surface area contributed by atoms with E-state index in [9.17, 15) is 4.79 Å². The molecular formula is C9H15ClN4O2. The Hall–Kier alpha value is -1.11. The SMILES string of the molecule is Cl.O=C(CC1CNCCO1)Nc1cn[nH]c1. The van der Waals surface area contributed by atoms with Crippen molar-refractivity contribution in [2.24, 2.45) is 0 Å². The molecule has 16 heavy (non-hydrogen) atoms. The lowest BCUT2D eigenvalue weighted by Gasteiger charge is -2.22. The standard InChI is InChI=1S/C9H14N4O2.ClH/c14-9(13-7-4-11-12-5-7)3-8-6-10-1-2-15-8;/h4-5,8,10H,1-3,6H2,(H,11,12)(H,13,14);1H. The number of rotatable bonds is 3. The Labute approximate surface area is 99.5 Å². The molecule has 1 aromatic rings. The third kappa shape index (κ3) is 3.80. The lowest BCUT2D eigenvalue weighted by molar-refractivity contribution is -0.119. The van der Waals surface area contributed by atoms with Gasteiger partial charge in [-0.3, -0.25) is 9.89 Å². The van der Waals surface area contributed by atoms with Crippen molar-refractivity contribution in [3.8, 4) is 0 Å². The number of nitrogens with one attached hydrogen (secondary N) is 3. The van der Waals surface area contributed by atoms with Gasteiger partial charge in [-0.25, -0.2) is 0 Å². The molecule has 2 heterocycles. The number of halogens is 1. The highest BCUT2D eigenvalue weighted by Crippen LogP contribution is 2.06. The van der Waals surface area contributed by atoms with Gasteiger partial charge in [0.25, 0.3) is 0 Å². The highest BCUT2D eigenvalue weighted by atomic mass is 35.5. The first-order valence-electron chi connectivity index (χ1n) is 4.95. The molecule has 0 bridgehead atoms. The van der Waals surface area contributed by atoms with Gasteiger partial charge in [-0.05, 0) is 0 Å². The van der Waals surface area contributed by atoms with Crippen LogP contribution in [0.1, 0.15) is 6.42 Å². The minimum atomic E-state index is -0.0508. The molecule has 1 amide bonds. The lowest BCUT2D eigenvalue weighted by atomic mass is 10.2. The van der Waals surface area contributed by atoms with Crippen LogP contribution < -0.4 is 10.6 Å². The van der Waals surface area contributed by atoms with Gasteiger partial charge in [0.2, 0.25) is 5.91 Å². The molecule has 3 N–H and O–H groups in total. The van der Waals surface area contributed by atoms with E-state index in [-0.39, 0.29) is 24.4 Å². The number of hydrogen-bond donors (Lipinski definition) is 3. The number of carbonyl (C=O) groups is 1. The van der Waals surface area contributed by atoms with Gasteiger partial charge < -0.3 is 15.4 Å². The molecule has 1 unspecified atom stereocenters. The van der Waals surface area contributed by atoms with E-state index in [1.165, 1.54) is 0 Å². The Bertz CT molecular complexity index is 311. The minimum absolute atomic E-state index is 0. The Morgan fingerprint density at radius 1 is 1.69 bits per heavy atom. The van der Waals surface area contributed by atoms with Crippen molar-refractivity contribution in [3.63, 3.8) is 0 Å². The fourth-order valence-electron chi connectivity index (χ4n) is 1.49. The lowest BCUT2D eigenvalue weighted by Crippen LogP contribution is -2.40. The van der Waals surface area contributed by atoms with Crippen LogP contribution in [0.4, 0.5) is 5.69 Å². The number of hydrogen-bond acceptors (Lipinski definition) is 4. The summed E-state index contributed by atoms with van der Waals surface area (Å²) in [6, 6.07) is 0. The van der Waals surface area contributed by atoms with Crippen molar-refractivity contribution in [1.29, 1.82) is 0 Å². The third-order valence-electron chi connectivity index (χ3n) is 2.20. The van der Waals surface area contributed by atoms with Gasteiger partial charge in [0.1, 0.15) is 0 Å². The van der Waals surface area contributed by atoms with Crippen LogP contribution in [0.3, 0.4) is 0 Å². The molecule has 0 saturated carbocycles. The summed E-state index contributed by atoms with van der Waals surface area (Å²) in [5.74, 6) is -0.0508. The Morgan fingerprint density at radius 2 is 2.56 bits per heavy atom. The number of morpholine rings is 1. The van der Waals surface area contributed by atoms with E-state index in [1.807, 2.05) is 0 Å². The largest absolute Gasteiger partial charge is 0.375 e. The number of H-pyrrole nitrogens is 1. The highest BCUT2D eigenvalue weighted by Gasteiger charge is 2.17. The first-order chi connectivity index (χ1) is 7.34. The van der Waals surface area contributed by atoms with Crippen molar-refractivity contribution >= 4 is 24.0 Å². The third-order valence-corrected chi connectivity index (χ3v) is 2.20. The molecular weight excluding hydrogens is 232 g/mol. The van der Waals surface area contributed by atoms with E-state index in [0.717, 1.165) is 13.1 Å². The average molecular weight is 247 g/mol. The zero-order valence-corrected chi connectivity index (χ0v) is 9.55. The number of carbonyl (C=O) groups excluding carboxylic acids is 1. The summed E-state index contributed by atoms with van der Waals surface area (Å²) in [4.78, 5) is 11.5. The van der Waals surface area contributed by atoms with Crippen LogP contribution in [0.25, 0.3) is 0 Å². The molecule has 0 spiro atoms. The van der Waals surface area contributed by atoms with E-state index in [4.69, 9.17) is 4.74 Å². The molecule has 0 aromatic carbocycles. The van der Waals surface area contributed by atoms with Crippen molar-refractivity contribution in [2.45, 2.75) is 12.5 Å². The van der Waals surface area contributed by atoms with Crippen molar-refractivity contribution in [1.82, 2.24) is 15.5 Å². The number of aromatic nitrogens is 2. The summed E-state index contributed by atoms with van der Waals surface area (Å²) in [5, 5.41) is 12.3. The first kappa shape index (κ1) is 13.0. The zero-order chi connectivity index (χ0) is 10.5. The maximum atomic E-state index is 11.5. The minimum Gasteiger partial charge on any atom is -0.375 e. The second-order valence-electron chi connectivity index (χ2n) is 3.44. The normalized spacial score (nSPS) is 19.9. The molecule has 6 nitrogen and oxygen atoms in total. The molecule has 7 heteroatoms. The summed E-state index contributed by atoms with van der Waals surface area (Å²) >= 11 is 0. The maximum Gasteiger partial charge on any atom is 0.227 e. The average Bonchev–Trinajstić information content (AvgIpc) is 2.71. The molecule has 0 aliphatic carbocycles. The number of ether oxygens (including phenoxy) is 1. The molecule has 1 fully saturated rings. The quantitative estimate of drug-likeness (QED) is 0.709. The van der Waals surface area contributed by atoms with Gasteiger partial charge in [-0.2, -0.15) is 5.10 Å². The smallest absolute Gasteiger partial charge is 0.227 e. The summed E-state index contributed by atoms with van der Waals surface area (Å²) in [6.45, 7) is 2.27. The summed E-state index contributed by atoms with van der Waals surface area (Å²) in [5.41, 5.74) is 0.684. The molecule has 90 valence electrons. The maximum absolute atomic E-state index is 11.5. The predicted octanol–water partition coefficient (Wildman–Crippen LogP) is 0.148. The van der Waals surface area contributed by atoms with Gasteiger partial charge in [-0.1, -0.05) is 0 Å². The van der Waals surface area contributed by atoms with E-state index in [0.29, 0.717) is 18.7 Å². The molecule has 1 aliphatic rings. The van der Waals surface area contributed by atoms with Crippen molar-refractivity contribution in [2.75, 3.05) is 25.0 Å². The summed E-state index contributed by atoms with van der Waals surface area (Å²) in [7, 11) is 0. The van der Waals surface area contributed by atoms with Crippen LogP contribution in [-0.4, -0.2) is 41.9 Å². The fourth-order valence-corrected chi connectivity index (χ4v) is 1.49. The van der Waals surface area contributed by atoms with Crippen LogP contribution in [0.2, 0.25) is 0 Å². The number of anilines is 1. The van der Waals surface area contributed by atoms with Crippen LogP contribution in [0, 0.1) is 0 Å². The predicted molar refractivity (Wildman–Crippen MR) is 61.7 cm³/mol. The van der Waals surface area contributed by atoms with Gasteiger partial charge in [0.05, 0.1) is 31.0 Å². The van der Waals surface area contributed by atoms with Crippen molar-refractivity contribution < 1.29 is 9.53 Å². The van der Waals surface area contributed by atoms with E-state index >= 15 is 0 Å². The molecule has 1 atom stereocenters. The number of nitrogens with zero attached hydrogens (tertiary/aromatic N) is 1. The summed E-state index contributed by atoms with van der Waals surface area (Å²) < 4.78 is 5.42. The Balaban J connectivity index is 0.00000128. The van der Waals surface area contributed by atoms with Gasteiger partial charge in [0, 0.05) is 19.3 Å². The van der Waals surface area contributed by atoms with Crippen LogP contribution in [-0.2, 0) is 9.53 Å². The molecule has 1 aliphatic heterocycles. The molecule has 1 aromatic heterocycles. The Kier molecular flexibility index (Phi) is 5.24.